The molecule has 0 radical (unpaired) electrons. The first-order valence-corrected chi connectivity index (χ1v) is 7.96. The Morgan fingerprint density at radius 2 is 2.18 bits per heavy atom. The van der Waals surface area contributed by atoms with Gasteiger partial charge in [0.25, 0.3) is 5.91 Å². The molecule has 6 heteroatoms. The first-order chi connectivity index (χ1) is 10.7. The van der Waals surface area contributed by atoms with E-state index in [1.807, 2.05) is 37.3 Å². The SMILES string of the molecule is C[C@H]1CN(C#N)C[C@@H]1NC(=O)c1cnc(-c2ccccc2)s1. The number of nitriles is 1. The number of amides is 1. The molecule has 5 nitrogen and oxygen atoms in total. The molecule has 0 unspecified atom stereocenters. The van der Waals surface area contributed by atoms with Gasteiger partial charge in [0.05, 0.1) is 12.2 Å². The predicted octanol–water partition coefficient (Wildman–Crippen LogP) is 2.34. The molecule has 2 atom stereocenters. The van der Waals surface area contributed by atoms with Crippen molar-refractivity contribution < 1.29 is 4.79 Å². The van der Waals surface area contributed by atoms with Crippen molar-refractivity contribution in [1.82, 2.24) is 15.2 Å². The van der Waals surface area contributed by atoms with Gasteiger partial charge in [-0.3, -0.25) is 4.79 Å². The van der Waals surface area contributed by atoms with Crippen LogP contribution in [0.25, 0.3) is 10.6 Å². The number of nitrogens with zero attached hydrogens (tertiary/aromatic N) is 3. The molecule has 3 rings (SSSR count). The van der Waals surface area contributed by atoms with Crippen LogP contribution in [0.4, 0.5) is 0 Å². The zero-order chi connectivity index (χ0) is 15.5. The Kier molecular flexibility index (Phi) is 4.07. The number of thiazole rings is 1. The Morgan fingerprint density at radius 1 is 1.41 bits per heavy atom. The average molecular weight is 312 g/mol. The summed E-state index contributed by atoms with van der Waals surface area (Å²) < 4.78 is 0. The fourth-order valence-electron chi connectivity index (χ4n) is 2.57. The highest BCUT2D eigenvalue weighted by molar-refractivity contribution is 7.16. The van der Waals surface area contributed by atoms with Crippen molar-refractivity contribution in [3.8, 4) is 16.8 Å². The van der Waals surface area contributed by atoms with Crippen molar-refractivity contribution in [3.05, 3.63) is 41.4 Å². The summed E-state index contributed by atoms with van der Waals surface area (Å²) in [6.45, 7) is 3.32. The zero-order valence-electron chi connectivity index (χ0n) is 12.2. The number of benzene rings is 1. The van der Waals surface area contributed by atoms with Crippen LogP contribution < -0.4 is 5.32 Å². The van der Waals surface area contributed by atoms with Crippen LogP contribution in [0.2, 0.25) is 0 Å². The largest absolute Gasteiger partial charge is 0.346 e. The van der Waals surface area contributed by atoms with Crippen LogP contribution in [0.1, 0.15) is 16.6 Å². The standard InChI is InChI=1S/C16H16N4OS/c1-11-8-20(10-17)9-13(11)19-15(21)14-7-18-16(22-14)12-5-3-2-4-6-12/h2-7,11,13H,8-9H2,1H3,(H,19,21)/t11-,13-/m0/s1. The normalized spacial score (nSPS) is 20.6. The third-order valence-corrected chi connectivity index (χ3v) is 4.87. The second-order valence-electron chi connectivity index (χ2n) is 5.46. The van der Waals surface area contributed by atoms with Crippen molar-refractivity contribution in [2.24, 2.45) is 5.92 Å². The van der Waals surface area contributed by atoms with E-state index in [-0.39, 0.29) is 17.9 Å². The summed E-state index contributed by atoms with van der Waals surface area (Å²) in [7, 11) is 0. The highest BCUT2D eigenvalue weighted by atomic mass is 32.1. The molecular formula is C16H16N4OS. The zero-order valence-corrected chi connectivity index (χ0v) is 13.0. The molecule has 0 saturated carbocycles. The van der Waals surface area contributed by atoms with Gasteiger partial charge < -0.3 is 10.2 Å². The number of aromatic nitrogens is 1. The minimum absolute atomic E-state index is 0.00873. The molecule has 22 heavy (non-hydrogen) atoms. The van der Waals surface area contributed by atoms with Crippen molar-refractivity contribution in [2.45, 2.75) is 13.0 Å². The van der Waals surface area contributed by atoms with E-state index in [9.17, 15) is 4.79 Å². The molecule has 0 bridgehead atoms. The predicted molar refractivity (Wildman–Crippen MR) is 85.2 cm³/mol. The highest BCUT2D eigenvalue weighted by Gasteiger charge is 2.30. The van der Waals surface area contributed by atoms with E-state index in [2.05, 4.69) is 16.5 Å². The fraction of sp³-hybridized carbons (Fsp3) is 0.312. The lowest BCUT2D eigenvalue weighted by Gasteiger charge is -2.14. The van der Waals surface area contributed by atoms with Gasteiger partial charge in [0.2, 0.25) is 0 Å². The van der Waals surface area contributed by atoms with Gasteiger partial charge in [-0.25, -0.2) is 4.98 Å². The van der Waals surface area contributed by atoms with Gasteiger partial charge >= 0.3 is 0 Å². The van der Waals surface area contributed by atoms with Crippen LogP contribution in [0.15, 0.2) is 36.5 Å². The Bertz CT molecular complexity index is 706. The van der Waals surface area contributed by atoms with E-state index in [0.29, 0.717) is 18.0 Å². The van der Waals surface area contributed by atoms with Crippen LogP contribution >= 0.6 is 11.3 Å². The van der Waals surface area contributed by atoms with E-state index in [1.165, 1.54) is 11.3 Å². The maximum absolute atomic E-state index is 12.3. The topological polar surface area (TPSA) is 69.0 Å². The van der Waals surface area contributed by atoms with Crippen LogP contribution in [-0.4, -0.2) is 34.9 Å². The monoisotopic (exact) mass is 312 g/mol. The molecule has 2 heterocycles. The molecule has 1 N–H and O–H groups in total. The molecule has 2 aromatic rings. The fourth-order valence-corrected chi connectivity index (χ4v) is 3.39. The minimum Gasteiger partial charge on any atom is -0.346 e. The lowest BCUT2D eigenvalue weighted by molar-refractivity contribution is 0.0936. The number of hydrogen-bond acceptors (Lipinski definition) is 5. The van der Waals surface area contributed by atoms with Crippen molar-refractivity contribution in [3.63, 3.8) is 0 Å². The summed E-state index contributed by atoms with van der Waals surface area (Å²) in [5.74, 6) is 0.154. The Balaban J connectivity index is 1.69. The van der Waals surface area contributed by atoms with Crippen LogP contribution in [0.3, 0.4) is 0 Å². The molecule has 112 valence electrons. The summed E-state index contributed by atoms with van der Waals surface area (Å²) in [5, 5.41) is 12.8. The van der Waals surface area contributed by atoms with Crippen molar-refractivity contribution >= 4 is 17.2 Å². The summed E-state index contributed by atoms with van der Waals surface area (Å²) in [6, 6.07) is 9.82. The minimum atomic E-state index is -0.115. The van der Waals surface area contributed by atoms with Crippen molar-refractivity contribution in [2.75, 3.05) is 13.1 Å². The second-order valence-corrected chi connectivity index (χ2v) is 6.49. The number of carbonyl (C=O) groups is 1. The lowest BCUT2D eigenvalue weighted by atomic mass is 10.1. The van der Waals surface area contributed by atoms with E-state index in [0.717, 1.165) is 10.6 Å². The van der Waals surface area contributed by atoms with Gasteiger partial charge in [0, 0.05) is 18.7 Å². The summed E-state index contributed by atoms with van der Waals surface area (Å²) in [5.41, 5.74) is 1.01. The molecule has 1 aliphatic heterocycles. The van der Waals surface area contributed by atoms with Crippen LogP contribution in [-0.2, 0) is 0 Å². The van der Waals surface area contributed by atoms with E-state index in [4.69, 9.17) is 5.26 Å². The third kappa shape index (κ3) is 2.95. The summed E-state index contributed by atoms with van der Waals surface area (Å²) >= 11 is 1.38. The number of hydrogen-bond donors (Lipinski definition) is 1. The summed E-state index contributed by atoms with van der Waals surface area (Å²) in [6.07, 6.45) is 3.75. The van der Waals surface area contributed by atoms with Gasteiger partial charge in [-0.1, -0.05) is 37.3 Å². The van der Waals surface area contributed by atoms with Gasteiger partial charge in [0.1, 0.15) is 9.88 Å². The molecular weight excluding hydrogens is 296 g/mol. The second kappa shape index (κ2) is 6.16. The number of nitrogens with one attached hydrogen (secondary N) is 1. The molecule has 1 amide bonds. The Hall–Kier alpha value is -2.39. The summed E-state index contributed by atoms with van der Waals surface area (Å²) in [4.78, 5) is 18.9. The van der Waals surface area contributed by atoms with E-state index in [1.54, 1.807) is 11.1 Å². The molecule has 0 aliphatic carbocycles. The number of likely N-dealkylation sites (tertiary alicyclic amines) is 1. The van der Waals surface area contributed by atoms with Crippen LogP contribution in [0, 0.1) is 17.4 Å². The molecule has 1 fully saturated rings. The third-order valence-electron chi connectivity index (χ3n) is 3.82. The molecule has 0 spiro atoms. The quantitative estimate of drug-likeness (QED) is 0.883. The molecule has 1 aromatic carbocycles. The molecule has 1 aliphatic rings. The van der Waals surface area contributed by atoms with Gasteiger partial charge in [0.15, 0.2) is 6.19 Å². The maximum Gasteiger partial charge on any atom is 0.263 e. The van der Waals surface area contributed by atoms with Crippen molar-refractivity contribution in [1.29, 1.82) is 5.26 Å². The van der Waals surface area contributed by atoms with Crippen LogP contribution in [0.5, 0.6) is 0 Å². The smallest absolute Gasteiger partial charge is 0.263 e. The van der Waals surface area contributed by atoms with E-state index < -0.39 is 0 Å². The Morgan fingerprint density at radius 3 is 2.86 bits per heavy atom. The first-order valence-electron chi connectivity index (χ1n) is 7.14. The maximum atomic E-state index is 12.3. The van der Waals surface area contributed by atoms with Gasteiger partial charge in [-0.05, 0) is 5.92 Å². The number of rotatable bonds is 3. The Labute approximate surface area is 133 Å². The van der Waals surface area contributed by atoms with Gasteiger partial charge in [-0.2, -0.15) is 5.26 Å². The lowest BCUT2D eigenvalue weighted by Crippen LogP contribution is -2.39. The van der Waals surface area contributed by atoms with Gasteiger partial charge in [-0.15, -0.1) is 11.3 Å². The molecule has 1 aromatic heterocycles. The molecule has 1 saturated heterocycles. The highest BCUT2D eigenvalue weighted by Crippen LogP contribution is 2.25. The average Bonchev–Trinajstić information content (AvgIpc) is 3.16. The van der Waals surface area contributed by atoms with E-state index >= 15 is 0 Å². The first kappa shape index (κ1) is 14.5. The number of carbonyl (C=O) groups excluding carboxylic acids is 1.